The van der Waals surface area contributed by atoms with Crippen LogP contribution in [0.5, 0.6) is 5.75 Å². The molecule has 0 unspecified atom stereocenters. The summed E-state index contributed by atoms with van der Waals surface area (Å²) in [6, 6.07) is 4.37. The number of nitrogens with two attached hydrogens (primary N) is 2. The first-order valence-electron chi connectivity index (χ1n) is 8.03. The Kier molecular flexibility index (Phi) is 4.31. The third kappa shape index (κ3) is 2.94. The molecule has 0 radical (unpaired) electrons. The van der Waals surface area contributed by atoms with Crippen LogP contribution in [-0.4, -0.2) is 36.0 Å². The first kappa shape index (κ1) is 15.2. The Morgan fingerprint density at radius 1 is 1.41 bits per heavy atom. The zero-order valence-electron chi connectivity index (χ0n) is 13.5. The average Bonchev–Trinajstić information content (AvgIpc) is 2.45. The topological polar surface area (TPSA) is 67.8 Å². The summed E-state index contributed by atoms with van der Waals surface area (Å²) in [5, 5.41) is 3.51. The molecule has 22 heavy (non-hydrogen) atoms. The average molecular weight is 300 g/mol. The van der Waals surface area contributed by atoms with Gasteiger partial charge in [-0.1, -0.05) is 19.2 Å². The van der Waals surface area contributed by atoms with Gasteiger partial charge < -0.3 is 10.5 Å². The molecule has 2 heterocycles. The number of hydrazine groups is 2. The minimum atomic E-state index is 0.190. The van der Waals surface area contributed by atoms with Crippen molar-refractivity contribution in [3.8, 4) is 5.75 Å². The highest BCUT2D eigenvalue weighted by molar-refractivity contribution is 6.57. The molecule has 0 bridgehead atoms. The van der Waals surface area contributed by atoms with Crippen LogP contribution in [0, 0.1) is 6.92 Å². The Morgan fingerprint density at radius 3 is 2.91 bits per heavy atom. The largest absolute Gasteiger partial charge is 0.487 e. The molecule has 4 N–H and O–H groups in total. The van der Waals surface area contributed by atoms with Gasteiger partial charge in [0.15, 0.2) is 0 Å². The molecule has 2 aliphatic heterocycles. The summed E-state index contributed by atoms with van der Waals surface area (Å²) in [6.45, 7) is 6.87. The Hall–Kier alpha value is -1.66. The molecule has 0 aliphatic carbocycles. The first-order chi connectivity index (χ1) is 10.6. The zero-order chi connectivity index (χ0) is 15.7. The molecule has 5 nitrogen and oxygen atoms in total. The fourth-order valence-electron chi connectivity index (χ4n) is 3.33. The Labute approximate surface area is 132 Å². The summed E-state index contributed by atoms with van der Waals surface area (Å²) in [4.78, 5) is 0. The molecule has 1 aromatic rings. The van der Waals surface area contributed by atoms with Gasteiger partial charge in [0.05, 0.1) is 13.1 Å². The van der Waals surface area contributed by atoms with E-state index in [2.05, 4.69) is 25.9 Å². The third-order valence-electron chi connectivity index (χ3n) is 4.79. The van der Waals surface area contributed by atoms with Crippen LogP contribution in [0.25, 0.3) is 0 Å². The molecule has 1 fully saturated rings. The Morgan fingerprint density at radius 2 is 2.18 bits per heavy atom. The van der Waals surface area contributed by atoms with Crippen molar-refractivity contribution in [3.63, 3.8) is 0 Å². The van der Waals surface area contributed by atoms with Gasteiger partial charge >= 0.3 is 0 Å². The van der Waals surface area contributed by atoms with E-state index in [-0.39, 0.29) is 6.10 Å². The third-order valence-corrected chi connectivity index (χ3v) is 4.79. The second-order valence-electron chi connectivity index (χ2n) is 6.51. The van der Waals surface area contributed by atoms with E-state index in [0.717, 1.165) is 25.6 Å². The van der Waals surface area contributed by atoms with Crippen LogP contribution in [0.3, 0.4) is 0 Å². The van der Waals surface area contributed by atoms with Gasteiger partial charge in [0.25, 0.3) is 0 Å². The van der Waals surface area contributed by atoms with Crippen LogP contribution in [0.2, 0.25) is 13.1 Å². The van der Waals surface area contributed by atoms with Gasteiger partial charge in [0.2, 0.25) is 0 Å². The van der Waals surface area contributed by atoms with E-state index in [0.29, 0.717) is 0 Å². The van der Waals surface area contributed by atoms with Crippen molar-refractivity contribution < 1.29 is 4.74 Å². The van der Waals surface area contributed by atoms with E-state index in [1.807, 2.05) is 5.01 Å². The van der Waals surface area contributed by atoms with E-state index in [1.165, 1.54) is 47.1 Å². The fraction of sp³-hybridized carbons (Fsp3) is 0.500. The van der Waals surface area contributed by atoms with Crippen molar-refractivity contribution >= 4 is 6.71 Å². The molecule has 3 rings (SSSR count). The standard InChI is InChI=1S/C16H25BN4O/c1-12-15-9-17(2)6-5-13(15)3-4-16(12)22-14-10-20(11-14)21(19)8-7-18/h3-4,7-8,14H,5-6,9-11,18-19H2,1-2H3/b8-7-. The lowest BCUT2D eigenvalue weighted by atomic mass is 9.42. The van der Waals surface area contributed by atoms with E-state index in [4.69, 9.17) is 16.3 Å². The molecule has 0 aromatic heterocycles. The normalized spacial score (nSPS) is 19.1. The summed E-state index contributed by atoms with van der Waals surface area (Å²) in [7, 11) is 0. The van der Waals surface area contributed by atoms with Gasteiger partial charge in [0, 0.05) is 12.4 Å². The number of benzene rings is 1. The van der Waals surface area contributed by atoms with Crippen molar-refractivity contribution in [1.82, 2.24) is 10.1 Å². The molecular weight excluding hydrogens is 275 g/mol. The van der Waals surface area contributed by atoms with Gasteiger partial charge in [-0.25, -0.2) is 11.0 Å². The Balaban J connectivity index is 1.64. The predicted octanol–water partition coefficient (Wildman–Crippen LogP) is 1.34. The summed E-state index contributed by atoms with van der Waals surface area (Å²) >= 11 is 0. The number of ether oxygens (including phenoxy) is 1. The maximum Gasteiger partial charge on any atom is 0.141 e. The summed E-state index contributed by atoms with van der Waals surface area (Å²) in [5.41, 5.74) is 9.65. The van der Waals surface area contributed by atoms with Crippen LogP contribution in [-0.2, 0) is 12.7 Å². The van der Waals surface area contributed by atoms with Gasteiger partial charge in [-0.2, -0.15) is 5.01 Å². The Bertz CT molecular complexity index is 572. The number of hydrogen-bond acceptors (Lipinski definition) is 5. The molecule has 6 heteroatoms. The van der Waals surface area contributed by atoms with E-state index in [9.17, 15) is 0 Å². The molecule has 0 spiro atoms. The fourth-order valence-corrected chi connectivity index (χ4v) is 3.33. The van der Waals surface area contributed by atoms with Gasteiger partial charge in [0.1, 0.15) is 18.6 Å². The highest BCUT2D eigenvalue weighted by Gasteiger charge is 2.31. The van der Waals surface area contributed by atoms with Gasteiger partial charge in [-0.3, -0.25) is 0 Å². The van der Waals surface area contributed by atoms with Crippen LogP contribution < -0.4 is 16.3 Å². The molecule has 0 atom stereocenters. The number of nitrogens with zero attached hydrogens (tertiary/aromatic N) is 2. The lowest BCUT2D eigenvalue weighted by molar-refractivity contribution is -0.103. The van der Waals surface area contributed by atoms with E-state index < -0.39 is 0 Å². The maximum atomic E-state index is 6.16. The number of fused-ring (bicyclic) bond motifs is 1. The van der Waals surface area contributed by atoms with Crippen molar-refractivity contribution in [3.05, 3.63) is 41.2 Å². The van der Waals surface area contributed by atoms with Crippen molar-refractivity contribution in [2.75, 3.05) is 13.1 Å². The smallest absolute Gasteiger partial charge is 0.141 e. The number of aryl methyl sites for hydroxylation is 1. The highest BCUT2D eigenvalue weighted by Crippen LogP contribution is 2.32. The summed E-state index contributed by atoms with van der Waals surface area (Å²) in [5.74, 6) is 6.84. The molecule has 2 aliphatic rings. The first-order valence-corrected chi connectivity index (χ1v) is 8.03. The zero-order valence-corrected chi connectivity index (χ0v) is 13.5. The minimum Gasteiger partial charge on any atom is -0.487 e. The van der Waals surface area contributed by atoms with Gasteiger partial charge in [-0.15, -0.1) is 0 Å². The number of hydrogen-bond donors (Lipinski definition) is 2. The monoisotopic (exact) mass is 300 g/mol. The summed E-state index contributed by atoms with van der Waals surface area (Å²) in [6.07, 6.45) is 6.93. The molecule has 0 amide bonds. The van der Waals surface area contributed by atoms with Crippen LogP contribution >= 0.6 is 0 Å². The lowest BCUT2D eigenvalue weighted by Gasteiger charge is -2.43. The van der Waals surface area contributed by atoms with Crippen molar-refractivity contribution in [1.29, 1.82) is 0 Å². The van der Waals surface area contributed by atoms with Crippen LogP contribution in [0.15, 0.2) is 24.5 Å². The summed E-state index contributed by atoms with van der Waals surface area (Å²) < 4.78 is 6.16. The molecule has 1 saturated heterocycles. The second-order valence-corrected chi connectivity index (χ2v) is 6.51. The number of rotatable bonds is 4. The maximum absolute atomic E-state index is 6.16. The molecular formula is C16H25BN4O. The highest BCUT2D eigenvalue weighted by atomic mass is 16.5. The van der Waals surface area contributed by atoms with Crippen molar-refractivity contribution in [2.45, 2.75) is 38.9 Å². The molecule has 0 saturated carbocycles. The molecule has 1 aromatic carbocycles. The lowest BCUT2D eigenvalue weighted by Crippen LogP contribution is -2.61. The van der Waals surface area contributed by atoms with E-state index in [1.54, 1.807) is 6.20 Å². The predicted molar refractivity (Wildman–Crippen MR) is 90.4 cm³/mol. The van der Waals surface area contributed by atoms with Crippen LogP contribution in [0.1, 0.15) is 16.7 Å². The van der Waals surface area contributed by atoms with Gasteiger partial charge in [-0.05, 0) is 42.4 Å². The van der Waals surface area contributed by atoms with E-state index >= 15 is 0 Å². The minimum absolute atomic E-state index is 0.190. The van der Waals surface area contributed by atoms with Crippen LogP contribution in [0.4, 0.5) is 0 Å². The quantitative estimate of drug-likeness (QED) is 0.499. The SMILES string of the molecule is CB1CCc2ccc(OC3CN(N(N)/C=C\N)C3)c(C)c2C1. The second kappa shape index (κ2) is 6.22. The molecule has 118 valence electrons. The van der Waals surface area contributed by atoms with Crippen molar-refractivity contribution in [2.24, 2.45) is 11.6 Å².